The van der Waals surface area contributed by atoms with Crippen molar-refractivity contribution in [3.05, 3.63) is 59.1 Å². The molecule has 0 atom stereocenters. The van der Waals surface area contributed by atoms with Gasteiger partial charge >= 0.3 is 6.18 Å². The van der Waals surface area contributed by atoms with Crippen LogP contribution < -0.4 is 10.2 Å². The molecule has 0 saturated carbocycles. The Bertz CT molecular complexity index is 1280. The van der Waals surface area contributed by atoms with E-state index in [-0.39, 0.29) is 17.0 Å². The number of imidazole rings is 1. The molecule has 1 fully saturated rings. The molecule has 5 rings (SSSR count). The number of rotatable bonds is 4. The SMILES string of the molecule is O=C(Nc1nccs1)c1cccc2[nH]c(-c3cc(N4CCCC4)ccc3C(F)(F)F)nc12. The van der Waals surface area contributed by atoms with Crippen molar-refractivity contribution in [2.75, 3.05) is 23.3 Å². The van der Waals surface area contributed by atoms with E-state index in [4.69, 9.17) is 0 Å². The Morgan fingerprint density at radius 3 is 2.69 bits per heavy atom. The molecule has 32 heavy (non-hydrogen) atoms. The number of amides is 1. The molecule has 0 unspecified atom stereocenters. The quantitative estimate of drug-likeness (QED) is 0.421. The number of carbonyl (C=O) groups is 1. The molecule has 3 heterocycles. The molecule has 0 bridgehead atoms. The molecule has 6 nitrogen and oxygen atoms in total. The van der Waals surface area contributed by atoms with Crippen LogP contribution in [0.15, 0.2) is 48.0 Å². The lowest BCUT2D eigenvalue weighted by molar-refractivity contribution is -0.137. The average molecular weight is 457 g/mol. The van der Waals surface area contributed by atoms with Gasteiger partial charge in [-0.1, -0.05) is 6.07 Å². The number of nitrogens with one attached hydrogen (secondary N) is 2. The van der Waals surface area contributed by atoms with Crippen LogP contribution in [-0.2, 0) is 6.18 Å². The third-order valence-electron chi connectivity index (χ3n) is 5.44. The van der Waals surface area contributed by atoms with Gasteiger partial charge in [-0.15, -0.1) is 11.3 Å². The fourth-order valence-electron chi connectivity index (χ4n) is 3.94. The lowest BCUT2D eigenvalue weighted by atomic mass is 10.0. The second kappa shape index (κ2) is 7.94. The van der Waals surface area contributed by atoms with E-state index in [1.807, 2.05) is 0 Å². The molecule has 0 radical (unpaired) electrons. The van der Waals surface area contributed by atoms with Crippen molar-refractivity contribution in [3.63, 3.8) is 0 Å². The molecule has 0 aliphatic carbocycles. The summed E-state index contributed by atoms with van der Waals surface area (Å²) in [7, 11) is 0. The van der Waals surface area contributed by atoms with Crippen LogP contribution in [0, 0.1) is 0 Å². The Hall–Kier alpha value is -3.40. The van der Waals surface area contributed by atoms with Crippen LogP contribution in [0.2, 0.25) is 0 Å². The Morgan fingerprint density at radius 2 is 1.97 bits per heavy atom. The zero-order valence-electron chi connectivity index (χ0n) is 16.7. The van der Waals surface area contributed by atoms with Crippen molar-refractivity contribution in [1.82, 2.24) is 15.0 Å². The molecule has 1 saturated heterocycles. The molecule has 2 aromatic carbocycles. The van der Waals surface area contributed by atoms with E-state index < -0.39 is 17.6 Å². The van der Waals surface area contributed by atoms with Crippen LogP contribution >= 0.6 is 11.3 Å². The van der Waals surface area contributed by atoms with Gasteiger partial charge in [-0.05, 0) is 43.2 Å². The van der Waals surface area contributed by atoms with Gasteiger partial charge in [0, 0.05) is 35.9 Å². The second-order valence-electron chi connectivity index (χ2n) is 7.50. The van der Waals surface area contributed by atoms with Crippen molar-refractivity contribution < 1.29 is 18.0 Å². The summed E-state index contributed by atoms with van der Waals surface area (Å²) in [6.07, 6.45) is -0.945. The predicted octanol–water partition coefficient (Wildman–Crippen LogP) is 5.56. The average Bonchev–Trinajstić information content (AvgIpc) is 3.53. The van der Waals surface area contributed by atoms with E-state index in [2.05, 4.69) is 25.2 Å². The number of fused-ring (bicyclic) bond motifs is 1. The number of benzene rings is 2. The molecule has 2 aromatic heterocycles. The number of para-hydroxylation sites is 1. The number of halogens is 3. The summed E-state index contributed by atoms with van der Waals surface area (Å²) in [6.45, 7) is 1.62. The Balaban J connectivity index is 1.60. The number of nitrogens with zero attached hydrogens (tertiary/aromatic N) is 3. The third-order valence-corrected chi connectivity index (χ3v) is 6.13. The standard InChI is InChI=1S/C22H18F3N5OS/c23-22(24,25)16-7-6-13(30-9-1-2-10-30)12-15(16)19-27-17-5-3-4-14(18(17)28-19)20(31)29-21-26-8-11-32-21/h3-8,11-12H,1-2,9-10H2,(H,27,28)(H,26,29,31). The Labute approximate surface area is 185 Å². The number of carbonyl (C=O) groups excluding carboxylic acids is 1. The number of thiazole rings is 1. The van der Waals surface area contributed by atoms with Gasteiger partial charge in [0.2, 0.25) is 0 Å². The fourth-order valence-corrected chi connectivity index (χ4v) is 4.46. The molecular formula is C22H18F3N5OS. The van der Waals surface area contributed by atoms with Gasteiger partial charge in [0.15, 0.2) is 5.13 Å². The first-order valence-corrected chi connectivity index (χ1v) is 10.9. The van der Waals surface area contributed by atoms with Gasteiger partial charge in [0.05, 0.1) is 16.6 Å². The maximum absolute atomic E-state index is 13.8. The summed E-state index contributed by atoms with van der Waals surface area (Å²) in [6, 6.07) is 9.07. The third kappa shape index (κ3) is 3.81. The van der Waals surface area contributed by atoms with E-state index in [0.29, 0.717) is 16.2 Å². The minimum absolute atomic E-state index is 0.0376. The largest absolute Gasteiger partial charge is 0.417 e. The number of anilines is 2. The summed E-state index contributed by atoms with van der Waals surface area (Å²) in [5.74, 6) is -0.353. The summed E-state index contributed by atoms with van der Waals surface area (Å²) < 4.78 is 41.4. The van der Waals surface area contributed by atoms with E-state index in [9.17, 15) is 18.0 Å². The van der Waals surface area contributed by atoms with Crippen molar-refractivity contribution in [2.45, 2.75) is 19.0 Å². The summed E-state index contributed by atoms with van der Waals surface area (Å²) in [5, 5.41) is 4.85. The highest BCUT2D eigenvalue weighted by Gasteiger charge is 2.35. The first kappa shape index (κ1) is 20.5. The molecule has 164 valence electrons. The van der Waals surface area contributed by atoms with Crippen molar-refractivity contribution in [2.24, 2.45) is 0 Å². The molecule has 10 heteroatoms. The van der Waals surface area contributed by atoms with Gasteiger partial charge in [0.25, 0.3) is 5.91 Å². The van der Waals surface area contributed by atoms with Gasteiger partial charge < -0.3 is 9.88 Å². The highest BCUT2D eigenvalue weighted by molar-refractivity contribution is 7.13. The number of aromatic amines is 1. The van der Waals surface area contributed by atoms with Crippen LogP contribution in [0.25, 0.3) is 22.4 Å². The lowest BCUT2D eigenvalue weighted by Crippen LogP contribution is -2.18. The maximum Gasteiger partial charge on any atom is 0.417 e. The van der Waals surface area contributed by atoms with Gasteiger partial charge in [-0.3, -0.25) is 10.1 Å². The number of aromatic nitrogens is 3. The van der Waals surface area contributed by atoms with Gasteiger partial charge in [-0.2, -0.15) is 13.2 Å². The molecular weight excluding hydrogens is 439 g/mol. The summed E-state index contributed by atoms with van der Waals surface area (Å²) in [5.41, 5.74) is 0.956. The van der Waals surface area contributed by atoms with E-state index in [1.165, 1.54) is 23.5 Å². The zero-order valence-corrected chi connectivity index (χ0v) is 17.6. The molecule has 1 aliphatic heterocycles. The summed E-state index contributed by atoms with van der Waals surface area (Å²) >= 11 is 1.27. The fraction of sp³-hybridized carbons (Fsp3) is 0.227. The maximum atomic E-state index is 13.8. The van der Waals surface area contributed by atoms with Crippen LogP contribution in [0.3, 0.4) is 0 Å². The molecule has 2 N–H and O–H groups in total. The second-order valence-corrected chi connectivity index (χ2v) is 8.39. The van der Waals surface area contributed by atoms with Crippen LogP contribution in [-0.4, -0.2) is 33.9 Å². The molecule has 1 amide bonds. The highest BCUT2D eigenvalue weighted by Crippen LogP contribution is 2.39. The monoisotopic (exact) mass is 457 g/mol. The number of hydrogen-bond donors (Lipinski definition) is 2. The van der Waals surface area contributed by atoms with Gasteiger partial charge in [0.1, 0.15) is 11.3 Å². The zero-order chi connectivity index (χ0) is 22.3. The topological polar surface area (TPSA) is 73.9 Å². The molecule has 1 aliphatic rings. The minimum Gasteiger partial charge on any atom is -0.372 e. The smallest absolute Gasteiger partial charge is 0.372 e. The van der Waals surface area contributed by atoms with Crippen molar-refractivity contribution >= 4 is 39.1 Å². The van der Waals surface area contributed by atoms with Crippen molar-refractivity contribution in [1.29, 1.82) is 0 Å². The van der Waals surface area contributed by atoms with Crippen LogP contribution in [0.4, 0.5) is 24.0 Å². The highest BCUT2D eigenvalue weighted by atomic mass is 32.1. The predicted molar refractivity (Wildman–Crippen MR) is 118 cm³/mol. The van der Waals surface area contributed by atoms with Crippen LogP contribution in [0.1, 0.15) is 28.8 Å². The van der Waals surface area contributed by atoms with Crippen molar-refractivity contribution in [3.8, 4) is 11.4 Å². The van der Waals surface area contributed by atoms with E-state index in [1.54, 1.807) is 29.8 Å². The number of H-pyrrole nitrogens is 1. The summed E-state index contributed by atoms with van der Waals surface area (Å²) in [4.78, 5) is 26.2. The molecule has 4 aromatic rings. The number of hydrogen-bond acceptors (Lipinski definition) is 5. The first-order valence-electron chi connectivity index (χ1n) is 10.1. The first-order chi connectivity index (χ1) is 15.4. The van der Waals surface area contributed by atoms with Crippen LogP contribution in [0.5, 0.6) is 0 Å². The normalized spacial score (nSPS) is 14.3. The minimum atomic E-state index is -4.54. The Kier molecular flexibility index (Phi) is 5.09. The Morgan fingerprint density at radius 1 is 1.16 bits per heavy atom. The molecule has 0 spiro atoms. The van der Waals surface area contributed by atoms with E-state index >= 15 is 0 Å². The van der Waals surface area contributed by atoms with Gasteiger partial charge in [-0.25, -0.2) is 9.97 Å². The lowest BCUT2D eigenvalue weighted by Gasteiger charge is -2.20. The van der Waals surface area contributed by atoms with E-state index in [0.717, 1.165) is 37.7 Å². The number of alkyl halides is 3.